The van der Waals surface area contributed by atoms with Crippen LogP contribution in [-0.4, -0.2) is 30.3 Å². The van der Waals surface area contributed by atoms with Crippen LogP contribution in [0, 0.1) is 5.41 Å². The number of nitrogen functional groups attached to an aromatic ring is 1. The van der Waals surface area contributed by atoms with Crippen molar-refractivity contribution >= 4 is 17.6 Å². The van der Waals surface area contributed by atoms with Crippen LogP contribution >= 0.6 is 11.8 Å². The summed E-state index contributed by atoms with van der Waals surface area (Å²) < 4.78 is 4.93. The van der Waals surface area contributed by atoms with Crippen molar-refractivity contribution in [3.63, 3.8) is 0 Å². The number of aromatic nitrogens is 1. The molecule has 3 N–H and O–H groups in total. The Morgan fingerprint density at radius 1 is 1.64 bits per heavy atom. The Bertz CT molecular complexity index is 299. The summed E-state index contributed by atoms with van der Waals surface area (Å²) >= 11 is 1.67. The Balaban J connectivity index is 2.51. The third-order valence-electron chi connectivity index (χ3n) is 1.57. The van der Waals surface area contributed by atoms with Gasteiger partial charge in [-0.1, -0.05) is 0 Å². The fourth-order valence-electron chi connectivity index (χ4n) is 0.868. The van der Waals surface area contributed by atoms with Crippen molar-refractivity contribution in [2.75, 3.05) is 19.5 Å². The number of thioether (sulfide) groups is 1. The van der Waals surface area contributed by atoms with Gasteiger partial charge in [0, 0.05) is 24.0 Å². The predicted molar refractivity (Wildman–Crippen MR) is 57.9 cm³/mol. The molecule has 5 heteroatoms. The molecule has 0 aliphatic carbocycles. The van der Waals surface area contributed by atoms with Crippen molar-refractivity contribution in [1.29, 1.82) is 5.41 Å². The van der Waals surface area contributed by atoms with Gasteiger partial charge in [0.1, 0.15) is 11.5 Å². The van der Waals surface area contributed by atoms with Gasteiger partial charge in [-0.15, -0.1) is 11.8 Å². The number of ether oxygens (including phenoxy) is 1. The SMILES string of the molecule is COCCSc1ccc(C(=N)N)nc1. The molecular formula is C9H13N3OS. The van der Waals surface area contributed by atoms with Gasteiger partial charge in [-0.25, -0.2) is 0 Å². The number of nitrogens with zero attached hydrogens (tertiary/aromatic N) is 1. The second kappa shape index (κ2) is 5.62. The van der Waals surface area contributed by atoms with E-state index in [-0.39, 0.29) is 5.84 Å². The van der Waals surface area contributed by atoms with Gasteiger partial charge in [-0.2, -0.15) is 0 Å². The van der Waals surface area contributed by atoms with Crippen LogP contribution in [0.15, 0.2) is 23.2 Å². The van der Waals surface area contributed by atoms with Gasteiger partial charge >= 0.3 is 0 Å². The van der Waals surface area contributed by atoms with Crippen molar-refractivity contribution in [2.45, 2.75) is 4.90 Å². The summed E-state index contributed by atoms with van der Waals surface area (Å²) in [5.74, 6) is 0.899. The lowest BCUT2D eigenvalue weighted by Crippen LogP contribution is -2.12. The van der Waals surface area contributed by atoms with E-state index in [2.05, 4.69) is 4.98 Å². The molecule has 1 rings (SSSR count). The average molecular weight is 211 g/mol. The number of nitrogens with one attached hydrogen (secondary N) is 1. The molecule has 0 aliphatic heterocycles. The molecule has 0 saturated carbocycles. The average Bonchev–Trinajstić information content (AvgIpc) is 2.19. The number of amidine groups is 1. The van der Waals surface area contributed by atoms with E-state index in [0.717, 1.165) is 17.3 Å². The minimum atomic E-state index is -0.00144. The molecule has 0 saturated heterocycles. The van der Waals surface area contributed by atoms with E-state index >= 15 is 0 Å². The molecule has 1 heterocycles. The first-order valence-corrected chi connectivity index (χ1v) is 5.15. The Morgan fingerprint density at radius 3 is 2.93 bits per heavy atom. The number of rotatable bonds is 5. The summed E-state index contributed by atoms with van der Waals surface area (Å²) in [6, 6.07) is 3.65. The molecule has 76 valence electrons. The van der Waals surface area contributed by atoms with Crippen LogP contribution in [0.2, 0.25) is 0 Å². The summed E-state index contributed by atoms with van der Waals surface area (Å²) in [5.41, 5.74) is 5.79. The van der Waals surface area contributed by atoms with Gasteiger partial charge in [0.15, 0.2) is 0 Å². The highest BCUT2D eigenvalue weighted by atomic mass is 32.2. The highest BCUT2D eigenvalue weighted by Gasteiger charge is 1.98. The summed E-state index contributed by atoms with van der Waals surface area (Å²) in [5, 5.41) is 7.16. The summed E-state index contributed by atoms with van der Waals surface area (Å²) in [6.45, 7) is 0.721. The summed E-state index contributed by atoms with van der Waals surface area (Å²) in [6.07, 6.45) is 1.72. The van der Waals surface area contributed by atoms with Gasteiger partial charge in [0.05, 0.1) is 6.61 Å². The largest absolute Gasteiger partial charge is 0.384 e. The molecule has 0 radical (unpaired) electrons. The maximum absolute atomic E-state index is 7.16. The van der Waals surface area contributed by atoms with E-state index in [4.69, 9.17) is 15.9 Å². The maximum atomic E-state index is 7.16. The molecular weight excluding hydrogens is 198 g/mol. The van der Waals surface area contributed by atoms with Crippen LogP contribution in [0.1, 0.15) is 5.69 Å². The molecule has 0 fully saturated rings. The first-order valence-electron chi connectivity index (χ1n) is 4.16. The van der Waals surface area contributed by atoms with Crippen LogP contribution in [0.5, 0.6) is 0 Å². The van der Waals surface area contributed by atoms with Gasteiger partial charge in [0.25, 0.3) is 0 Å². The molecule has 14 heavy (non-hydrogen) atoms. The van der Waals surface area contributed by atoms with Crippen LogP contribution in [0.4, 0.5) is 0 Å². The van der Waals surface area contributed by atoms with Crippen LogP contribution in [-0.2, 0) is 4.74 Å². The Kier molecular flexibility index (Phi) is 4.42. The number of hydrogen-bond donors (Lipinski definition) is 2. The molecule has 0 bridgehead atoms. The standard InChI is InChI=1S/C9H13N3OS/c1-13-4-5-14-7-2-3-8(9(10)11)12-6-7/h2-3,6H,4-5H2,1H3,(H3,10,11). The molecule has 4 nitrogen and oxygen atoms in total. The van der Waals surface area contributed by atoms with Crippen molar-refractivity contribution in [1.82, 2.24) is 4.98 Å². The second-order valence-corrected chi connectivity index (χ2v) is 3.80. The third-order valence-corrected chi connectivity index (χ3v) is 2.51. The second-order valence-electron chi connectivity index (χ2n) is 2.63. The van der Waals surface area contributed by atoms with Gasteiger partial charge in [-0.3, -0.25) is 10.4 Å². The number of hydrogen-bond acceptors (Lipinski definition) is 4. The number of nitrogens with two attached hydrogens (primary N) is 1. The van der Waals surface area contributed by atoms with E-state index < -0.39 is 0 Å². The molecule has 0 spiro atoms. The predicted octanol–water partition coefficient (Wildman–Crippen LogP) is 1.10. The van der Waals surface area contributed by atoms with Crippen molar-refractivity contribution in [3.8, 4) is 0 Å². The molecule has 0 amide bonds. The third kappa shape index (κ3) is 3.35. The van der Waals surface area contributed by atoms with Crippen molar-refractivity contribution < 1.29 is 4.74 Å². The zero-order chi connectivity index (χ0) is 10.4. The number of pyridine rings is 1. The van der Waals surface area contributed by atoms with E-state index in [1.165, 1.54) is 0 Å². The monoisotopic (exact) mass is 211 g/mol. The summed E-state index contributed by atoms with van der Waals surface area (Å²) in [7, 11) is 1.68. The fraction of sp³-hybridized carbons (Fsp3) is 0.333. The lowest BCUT2D eigenvalue weighted by atomic mass is 10.3. The van der Waals surface area contributed by atoms with Gasteiger partial charge in [-0.05, 0) is 12.1 Å². The molecule has 0 aliphatic rings. The normalized spacial score (nSPS) is 10.1. The smallest absolute Gasteiger partial charge is 0.141 e. The van der Waals surface area contributed by atoms with Gasteiger partial charge < -0.3 is 10.5 Å². The zero-order valence-electron chi connectivity index (χ0n) is 7.99. The summed E-state index contributed by atoms with van der Waals surface area (Å²) in [4.78, 5) is 5.11. The highest BCUT2D eigenvalue weighted by Crippen LogP contribution is 2.16. The Labute approximate surface area is 87.4 Å². The van der Waals surface area contributed by atoms with Crippen LogP contribution in [0.25, 0.3) is 0 Å². The first-order chi connectivity index (χ1) is 6.74. The van der Waals surface area contributed by atoms with E-state index in [1.54, 1.807) is 31.1 Å². The minimum absolute atomic E-state index is 0.00144. The lowest BCUT2D eigenvalue weighted by Gasteiger charge is -2.01. The van der Waals surface area contributed by atoms with E-state index in [9.17, 15) is 0 Å². The van der Waals surface area contributed by atoms with Crippen LogP contribution in [0.3, 0.4) is 0 Å². The molecule has 0 aromatic carbocycles. The quantitative estimate of drug-likeness (QED) is 0.331. The van der Waals surface area contributed by atoms with Crippen LogP contribution < -0.4 is 5.73 Å². The highest BCUT2D eigenvalue weighted by molar-refractivity contribution is 7.99. The molecule has 0 unspecified atom stereocenters. The maximum Gasteiger partial charge on any atom is 0.141 e. The number of methoxy groups -OCH3 is 1. The Hall–Kier alpha value is -1.07. The van der Waals surface area contributed by atoms with Gasteiger partial charge in [0.2, 0.25) is 0 Å². The molecule has 0 atom stereocenters. The van der Waals surface area contributed by atoms with E-state index in [0.29, 0.717) is 5.69 Å². The molecule has 1 aromatic heterocycles. The first kappa shape index (κ1) is 11.0. The van der Waals surface area contributed by atoms with Crippen molar-refractivity contribution in [3.05, 3.63) is 24.0 Å². The molecule has 1 aromatic rings. The topological polar surface area (TPSA) is 72.0 Å². The minimum Gasteiger partial charge on any atom is -0.384 e. The lowest BCUT2D eigenvalue weighted by molar-refractivity contribution is 0.218. The van der Waals surface area contributed by atoms with Crippen molar-refractivity contribution in [2.24, 2.45) is 5.73 Å². The fourth-order valence-corrected chi connectivity index (χ4v) is 1.65. The van der Waals surface area contributed by atoms with E-state index in [1.807, 2.05) is 6.07 Å². The Morgan fingerprint density at radius 2 is 2.43 bits per heavy atom. The zero-order valence-corrected chi connectivity index (χ0v) is 8.80.